The predicted molar refractivity (Wildman–Crippen MR) is 76.5 cm³/mol. The largest absolute Gasteiger partial charge is 0.465 e. The van der Waals surface area contributed by atoms with E-state index in [1.807, 2.05) is 6.92 Å². The van der Waals surface area contributed by atoms with Gasteiger partial charge >= 0.3 is 5.97 Å². The van der Waals surface area contributed by atoms with Gasteiger partial charge in [0.1, 0.15) is 11.4 Å². The van der Waals surface area contributed by atoms with Gasteiger partial charge < -0.3 is 10.5 Å². The lowest BCUT2D eigenvalue weighted by atomic mass is 10.3. The van der Waals surface area contributed by atoms with E-state index in [-0.39, 0.29) is 30.3 Å². The maximum atomic E-state index is 12.5. The fourth-order valence-corrected chi connectivity index (χ4v) is 3.33. The highest BCUT2D eigenvalue weighted by atomic mass is 32.2. The van der Waals surface area contributed by atoms with Crippen molar-refractivity contribution >= 4 is 21.7 Å². The summed E-state index contributed by atoms with van der Waals surface area (Å²) < 4.78 is 30.9. The Morgan fingerprint density at radius 2 is 1.95 bits per heavy atom. The first-order valence-electron chi connectivity index (χ1n) is 6.43. The summed E-state index contributed by atoms with van der Waals surface area (Å²) in [5.41, 5.74) is 5.87. The Bertz CT molecular complexity index is 557. The molecule has 0 saturated carbocycles. The minimum atomic E-state index is -3.80. The minimum absolute atomic E-state index is 0.0118. The van der Waals surface area contributed by atoms with Crippen molar-refractivity contribution in [3.63, 3.8) is 0 Å². The second-order valence-corrected chi connectivity index (χ2v) is 6.09. The molecule has 0 aromatic heterocycles. The molecule has 0 aliphatic carbocycles. The van der Waals surface area contributed by atoms with Crippen LogP contribution < -0.4 is 5.73 Å². The Morgan fingerprint density at radius 3 is 2.50 bits per heavy atom. The molecule has 1 aromatic carbocycles. The van der Waals surface area contributed by atoms with Gasteiger partial charge in [-0.15, -0.1) is 0 Å². The molecule has 0 radical (unpaired) electrons. The van der Waals surface area contributed by atoms with Crippen LogP contribution in [0.2, 0.25) is 0 Å². The summed E-state index contributed by atoms with van der Waals surface area (Å²) in [6.07, 6.45) is 0.589. The summed E-state index contributed by atoms with van der Waals surface area (Å²) in [6, 6.07) is 6.20. The summed E-state index contributed by atoms with van der Waals surface area (Å²) in [5.74, 6) is -0.570. The molecule has 20 heavy (non-hydrogen) atoms. The number of para-hydroxylation sites is 1. The minimum Gasteiger partial charge on any atom is -0.465 e. The molecule has 2 N–H and O–H groups in total. The quantitative estimate of drug-likeness (QED) is 0.604. The highest BCUT2D eigenvalue weighted by Gasteiger charge is 2.27. The lowest BCUT2D eigenvalue weighted by Crippen LogP contribution is -2.37. The first kappa shape index (κ1) is 16.5. The standard InChI is InChI=1S/C13H20N2O4S/c1-3-9-15(10-13(16)19-4-2)20(17,18)12-8-6-5-7-11(12)14/h5-8H,3-4,9-10,14H2,1-2H3. The van der Waals surface area contributed by atoms with E-state index in [1.54, 1.807) is 19.1 Å². The third-order valence-corrected chi connectivity index (χ3v) is 4.54. The molecule has 1 rings (SSSR count). The lowest BCUT2D eigenvalue weighted by Gasteiger charge is -2.21. The van der Waals surface area contributed by atoms with Crippen molar-refractivity contribution in [2.75, 3.05) is 25.4 Å². The van der Waals surface area contributed by atoms with Crippen molar-refractivity contribution in [1.82, 2.24) is 4.31 Å². The topological polar surface area (TPSA) is 89.7 Å². The number of nitrogens with two attached hydrogens (primary N) is 1. The van der Waals surface area contributed by atoms with Crippen LogP contribution in [0.3, 0.4) is 0 Å². The van der Waals surface area contributed by atoms with E-state index < -0.39 is 16.0 Å². The zero-order valence-corrected chi connectivity index (χ0v) is 12.5. The second kappa shape index (κ2) is 7.25. The number of esters is 1. The number of rotatable bonds is 7. The van der Waals surface area contributed by atoms with Crippen LogP contribution in [0, 0.1) is 0 Å². The van der Waals surface area contributed by atoms with Gasteiger partial charge in [-0.3, -0.25) is 4.79 Å². The number of carbonyl (C=O) groups excluding carboxylic acids is 1. The van der Waals surface area contributed by atoms with Gasteiger partial charge in [-0.25, -0.2) is 8.42 Å². The normalized spacial score (nSPS) is 11.6. The Labute approximate surface area is 119 Å². The van der Waals surface area contributed by atoms with Crippen LogP contribution in [0.5, 0.6) is 0 Å². The maximum absolute atomic E-state index is 12.5. The van der Waals surface area contributed by atoms with Crippen LogP contribution in [-0.2, 0) is 19.6 Å². The molecule has 6 nitrogen and oxygen atoms in total. The number of nitrogens with zero attached hydrogens (tertiary/aromatic N) is 1. The molecule has 0 fully saturated rings. The highest BCUT2D eigenvalue weighted by molar-refractivity contribution is 7.89. The number of carbonyl (C=O) groups is 1. The number of hydrogen-bond donors (Lipinski definition) is 1. The lowest BCUT2D eigenvalue weighted by molar-refractivity contribution is -0.143. The van der Waals surface area contributed by atoms with Crippen molar-refractivity contribution in [2.45, 2.75) is 25.2 Å². The van der Waals surface area contributed by atoms with Gasteiger partial charge in [-0.1, -0.05) is 19.1 Å². The van der Waals surface area contributed by atoms with Crippen LogP contribution in [-0.4, -0.2) is 38.4 Å². The molecule has 7 heteroatoms. The van der Waals surface area contributed by atoms with Crippen LogP contribution in [0.4, 0.5) is 5.69 Å². The van der Waals surface area contributed by atoms with Gasteiger partial charge in [0, 0.05) is 6.54 Å². The number of benzene rings is 1. The monoisotopic (exact) mass is 300 g/mol. The van der Waals surface area contributed by atoms with E-state index in [0.29, 0.717) is 6.42 Å². The second-order valence-electron chi connectivity index (χ2n) is 4.18. The molecule has 0 aliphatic rings. The molecule has 0 bridgehead atoms. The molecule has 0 unspecified atom stereocenters. The summed E-state index contributed by atoms with van der Waals surface area (Å²) in [7, 11) is -3.80. The zero-order chi connectivity index (χ0) is 15.2. The van der Waals surface area contributed by atoms with Crippen molar-refractivity contribution < 1.29 is 17.9 Å². The highest BCUT2D eigenvalue weighted by Crippen LogP contribution is 2.22. The van der Waals surface area contributed by atoms with E-state index in [0.717, 1.165) is 4.31 Å². The Morgan fingerprint density at radius 1 is 1.30 bits per heavy atom. The number of nitrogen functional groups attached to an aromatic ring is 1. The number of sulfonamides is 1. The molecule has 0 heterocycles. The van der Waals surface area contributed by atoms with Gasteiger partial charge in [0.25, 0.3) is 0 Å². The predicted octanol–water partition coefficient (Wildman–Crippen LogP) is 1.23. The van der Waals surface area contributed by atoms with E-state index in [4.69, 9.17) is 10.5 Å². The Balaban J connectivity index is 3.06. The van der Waals surface area contributed by atoms with E-state index >= 15 is 0 Å². The van der Waals surface area contributed by atoms with Crippen molar-refractivity contribution in [3.8, 4) is 0 Å². The Hall–Kier alpha value is -1.60. The third kappa shape index (κ3) is 3.94. The molecule has 0 aliphatic heterocycles. The van der Waals surface area contributed by atoms with Crippen LogP contribution in [0.15, 0.2) is 29.2 Å². The maximum Gasteiger partial charge on any atom is 0.321 e. The molecule has 0 atom stereocenters. The summed E-state index contributed by atoms with van der Waals surface area (Å²) in [6.45, 7) is 3.65. The Kier molecular flexibility index (Phi) is 5.97. The van der Waals surface area contributed by atoms with Crippen LogP contribution in [0.1, 0.15) is 20.3 Å². The first-order valence-corrected chi connectivity index (χ1v) is 7.87. The first-order chi connectivity index (χ1) is 9.43. The molecular weight excluding hydrogens is 280 g/mol. The average molecular weight is 300 g/mol. The molecule has 0 spiro atoms. The average Bonchev–Trinajstić information content (AvgIpc) is 2.38. The van der Waals surface area contributed by atoms with Gasteiger partial charge in [0.15, 0.2) is 0 Å². The zero-order valence-electron chi connectivity index (χ0n) is 11.7. The van der Waals surface area contributed by atoms with Gasteiger partial charge in [-0.05, 0) is 25.5 Å². The smallest absolute Gasteiger partial charge is 0.321 e. The van der Waals surface area contributed by atoms with Crippen molar-refractivity contribution in [3.05, 3.63) is 24.3 Å². The van der Waals surface area contributed by atoms with E-state index in [1.165, 1.54) is 12.1 Å². The number of ether oxygens (including phenoxy) is 1. The molecule has 0 amide bonds. The van der Waals surface area contributed by atoms with Gasteiger partial charge in [-0.2, -0.15) is 4.31 Å². The van der Waals surface area contributed by atoms with Crippen LogP contribution in [0.25, 0.3) is 0 Å². The number of hydrogen-bond acceptors (Lipinski definition) is 5. The molecule has 0 saturated heterocycles. The number of anilines is 1. The van der Waals surface area contributed by atoms with Gasteiger partial charge in [0.05, 0.1) is 12.3 Å². The van der Waals surface area contributed by atoms with E-state index in [2.05, 4.69) is 0 Å². The summed E-state index contributed by atoms with van der Waals surface area (Å²) in [5, 5.41) is 0. The van der Waals surface area contributed by atoms with Crippen molar-refractivity contribution in [2.24, 2.45) is 0 Å². The van der Waals surface area contributed by atoms with Gasteiger partial charge in [0.2, 0.25) is 10.0 Å². The SMILES string of the molecule is CCCN(CC(=O)OCC)S(=O)(=O)c1ccccc1N. The van der Waals surface area contributed by atoms with Crippen molar-refractivity contribution in [1.29, 1.82) is 0 Å². The molecular formula is C13H20N2O4S. The third-order valence-electron chi connectivity index (χ3n) is 2.62. The molecule has 112 valence electrons. The fourth-order valence-electron chi connectivity index (χ4n) is 1.74. The van der Waals surface area contributed by atoms with Crippen LogP contribution >= 0.6 is 0 Å². The molecule has 1 aromatic rings. The van der Waals surface area contributed by atoms with E-state index in [9.17, 15) is 13.2 Å². The fraction of sp³-hybridized carbons (Fsp3) is 0.462. The summed E-state index contributed by atoms with van der Waals surface area (Å²) >= 11 is 0. The summed E-state index contributed by atoms with van der Waals surface area (Å²) in [4.78, 5) is 11.5.